The van der Waals surface area contributed by atoms with Gasteiger partial charge >= 0.3 is 5.97 Å². The molecule has 3 N–H and O–H groups in total. The normalized spacial score (nSPS) is 50.3. The molecule has 0 spiro atoms. The van der Waals surface area contributed by atoms with Crippen LogP contribution in [0.2, 0.25) is 0 Å². The number of aliphatic hydroxyl groups excluding tert-OH is 2. The van der Waals surface area contributed by atoms with Gasteiger partial charge in [-0.2, -0.15) is 0 Å². The second-order valence-electron chi connectivity index (χ2n) is 15.5. The topological polar surface area (TPSA) is 96.2 Å². The third-order valence-corrected chi connectivity index (χ3v) is 12.6. The van der Waals surface area contributed by atoms with E-state index in [1.54, 1.807) is 13.8 Å². The predicted molar refractivity (Wildman–Crippen MR) is 146 cm³/mol. The molecule has 1 aliphatic heterocycles. The number of aliphatic hydroxyl groups is 3. The molecule has 0 aromatic carbocycles. The summed E-state index contributed by atoms with van der Waals surface area (Å²) in [6.07, 6.45) is 6.97. The number of esters is 1. The molecule has 0 bridgehead atoms. The minimum absolute atomic E-state index is 0.0497. The summed E-state index contributed by atoms with van der Waals surface area (Å²) in [6.45, 7) is 17.1. The van der Waals surface area contributed by atoms with Crippen LogP contribution in [0.5, 0.6) is 0 Å². The highest BCUT2D eigenvalue weighted by Crippen LogP contribution is 2.73. The summed E-state index contributed by atoms with van der Waals surface area (Å²) in [5.41, 5.74) is -0.108. The molecule has 0 aromatic heterocycles. The third kappa shape index (κ3) is 3.98. The van der Waals surface area contributed by atoms with E-state index in [9.17, 15) is 20.1 Å². The number of carbonyl (C=O) groups is 1. The van der Waals surface area contributed by atoms with Crippen LogP contribution in [0.1, 0.15) is 100 Å². The molecule has 0 radical (unpaired) electrons. The summed E-state index contributed by atoms with van der Waals surface area (Å²) in [4.78, 5) is 12.5. The van der Waals surface area contributed by atoms with E-state index in [1.807, 2.05) is 0 Å². The minimum atomic E-state index is -1.08. The summed E-state index contributed by atoms with van der Waals surface area (Å²) >= 11 is 0. The Bertz CT molecular complexity index is 981. The Hall–Kier alpha value is -0.950. The number of rotatable bonds is 3. The van der Waals surface area contributed by atoms with Gasteiger partial charge in [-0.05, 0) is 98.7 Å². The Morgan fingerprint density at radius 2 is 1.74 bits per heavy atom. The van der Waals surface area contributed by atoms with Crippen molar-refractivity contribution in [2.24, 2.45) is 45.3 Å². The van der Waals surface area contributed by atoms with Gasteiger partial charge in [-0.25, -0.2) is 0 Å². The molecule has 6 heteroatoms. The Balaban J connectivity index is 1.49. The van der Waals surface area contributed by atoms with E-state index in [4.69, 9.17) is 9.47 Å². The van der Waals surface area contributed by atoms with Gasteiger partial charge in [0, 0.05) is 12.3 Å². The number of carbonyl (C=O) groups excluding carboxylic acids is 1. The van der Waals surface area contributed by atoms with E-state index in [0.717, 1.165) is 38.5 Å². The third-order valence-electron chi connectivity index (χ3n) is 12.6. The minimum Gasteiger partial charge on any atom is -0.462 e. The fourth-order valence-corrected chi connectivity index (χ4v) is 10.8. The van der Waals surface area contributed by atoms with Crippen molar-refractivity contribution in [1.82, 2.24) is 0 Å². The molecule has 1 heterocycles. The molecule has 5 rings (SSSR count). The molecule has 0 amide bonds. The first-order chi connectivity index (χ1) is 17.5. The number of hydrogen-bond donors (Lipinski definition) is 3. The lowest BCUT2D eigenvalue weighted by molar-refractivity contribution is -0.224. The smallest absolute Gasteiger partial charge is 0.302 e. The molecule has 0 aromatic rings. The van der Waals surface area contributed by atoms with Crippen molar-refractivity contribution in [1.29, 1.82) is 0 Å². The van der Waals surface area contributed by atoms with Crippen molar-refractivity contribution in [2.45, 2.75) is 130 Å². The number of allylic oxidation sites excluding steroid dienone is 1. The average Bonchev–Trinajstić information content (AvgIpc) is 3.15. The summed E-state index contributed by atoms with van der Waals surface area (Å²) in [5.74, 6) is 0.988. The van der Waals surface area contributed by atoms with Crippen molar-refractivity contribution in [3.63, 3.8) is 0 Å². The Morgan fingerprint density at radius 1 is 1.05 bits per heavy atom. The fraction of sp³-hybridized carbons (Fsp3) is 0.906. The molecule has 6 nitrogen and oxygen atoms in total. The highest BCUT2D eigenvalue weighted by Gasteiger charge is 2.69. The van der Waals surface area contributed by atoms with E-state index < -0.39 is 17.8 Å². The Labute approximate surface area is 229 Å². The first-order valence-corrected chi connectivity index (χ1v) is 15.1. The largest absolute Gasteiger partial charge is 0.462 e. The lowest BCUT2D eigenvalue weighted by atomic mass is 9.37. The molecule has 3 saturated carbocycles. The Morgan fingerprint density at radius 3 is 2.34 bits per heavy atom. The average molecular weight is 533 g/mol. The highest BCUT2D eigenvalue weighted by atomic mass is 16.5. The summed E-state index contributed by atoms with van der Waals surface area (Å²) < 4.78 is 12.3. The lowest BCUT2D eigenvalue weighted by Crippen LogP contribution is -2.66. The van der Waals surface area contributed by atoms with Crippen molar-refractivity contribution < 1.29 is 29.6 Å². The van der Waals surface area contributed by atoms with Crippen LogP contribution < -0.4 is 0 Å². The zero-order chi connectivity index (χ0) is 28.1. The Kier molecular flexibility index (Phi) is 6.79. The quantitative estimate of drug-likeness (QED) is 0.349. The first-order valence-electron chi connectivity index (χ1n) is 15.1. The number of hydrogen-bond acceptors (Lipinski definition) is 6. The van der Waals surface area contributed by atoms with Crippen LogP contribution in [0.25, 0.3) is 0 Å². The van der Waals surface area contributed by atoms with Crippen molar-refractivity contribution in [3.05, 3.63) is 11.6 Å². The van der Waals surface area contributed by atoms with Gasteiger partial charge in [0.05, 0.1) is 24.4 Å². The van der Waals surface area contributed by atoms with Gasteiger partial charge in [0.2, 0.25) is 0 Å². The first kappa shape index (κ1) is 28.6. The molecule has 4 fully saturated rings. The van der Waals surface area contributed by atoms with Crippen LogP contribution in [-0.2, 0) is 14.3 Å². The maximum atomic E-state index is 12.5. The summed E-state index contributed by atoms with van der Waals surface area (Å²) in [6, 6.07) is 0. The van der Waals surface area contributed by atoms with Gasteiger partial charge in [0.1, 0.15) is 12.2 Å². The molecule has 1 saturated heterocycles. The van der Waals surface area contributed by atoms with Gasteiger partial charge in [0.25, 0.3) is 0 Å². The molecular formula is C32H52O6. The van der Waals surface area contributed by atoms with Crippen molar-refractivity contribution in [3.8, 4) is 0 Å². The van der Waals surface area contributed by atoms with Gasteiger partial charge in [-0.1, -0.05) is 46.3 Å². The van der Waals surface area contributed by atoms with Gasteiger partial charge in [0.15, 0.2) is 0 Å². The van der Waals surface area contributed by atoms with Crippen LogP contribution >= 0.6 is 0 Å². The van der Waals surface area contributed by atoms with Crippen molar-refractivity contribution >= 4 is 5.97 Å². The maximum Gasteiger partial charge on any atom is 0.302 e. The monoisotopic (exact) mass is 532 g/mol. The molecule has 216 valence electrons. The molecule has 11 atom stereocenters. The highest BCUT2D eigenvalue weighted by molar-refractivity contribution is 5.66. The van der Waals surface area contributed by atoms with E-state index in [-0.39, 0.29) is 51.7 Å². The molecule has 0 unspecified atom stereocenters. The number of fused-ring (bicyclic) bond motifs is 5. The molecular weight excluding hydrogens is 480 g/mol. The lowest BCUT2D eigenvalue weighted by Gasteiger charge is -2.68. The zero-order valence-corrected chi connectivity index (χ0v) is 24.9. The fourth-order valence-electron chi connectivity index (χ4n) is 10.8. The van der Waals surface area contributed by atoms with Crippen LogP contribution in [0.15, 0.2) is 11.6 Å². The number of ether oxygens (including phenoxy) is 2. The van der Waals surface area contributed by atoms with Gasteiger partial charge in [-0.15, -0.1) is 0 Å². The zero-order valence-electron chi connectivity index (χ0n) is 24.9. The molecule has 4 aliphatic carbocycles. The summed E-state index contributed by atoms with van der Waals surface area (Å²) in [5, 5.41) is 32.4. The molecule has 38 heavy (non-hydrogen) atoms. The van der Waals surface area contributed by atoms with Crippen molar-refractivity contribution in [2.75, 3.05) is 6.61 Å². The van der Waals surface area contributed by atoms with E-state index in [2.05, 4.69) is 40.7 Å². The van der Waals surface area contributed by atoms with Crippen LogP contribution in [0, 0.1) is 45.3 Å². The van der Waals surface area contributed by atoms with Gasteiger partial charge < -0.3 is 24.8 Å². The van der Waals surface area contributed by atoms with E-state index in [0.29, 0.717) is 24.9 Å². The second kappa shape index (κ2) is 9.03. The molecule has 5 aliphatic rings. The predicted octanol–water partition coefficient (Wildman–Crippen LogP) is 5.03. The van der Waals surface area contributed by atoms with Crippen LogP contribution in [0.3, 0.4) is 0 Å². The van der Waals surface area contributed by atoms with Gasteiger partial charge in [-0.3, -0.25) is 4.79 Å². The second-order valence-corrected chi connectivity index (χ2v) is 15.5. The SMILES string of the molecule is CC(=O)O[C@@H]1C[C@@H]2C(C)(C)[C@H](O)CC[C@]2(C)[C@@H]2CC[C@]3(C)C(=CC[C@H]3[C@@H]3CO[C@@H](C(C)(C)O)[C@H](O)C3)[C@]12C. The van der Waals surface area contributed by atoms with Crippen LogP contribution in [-0.4, -0.2) is 57.9 Å². The van der Waals surface area contributed by atoms with E-state index in [1.165, 1.54) is 12.5 Å². The standard InChI is InChI=1S/C32H52O6/c1-18(33)38-26-16-24-28(2,3)25(35)12-14-31(24,7)23-11-13-30(6)20(9-10-22(30)32(23,26)8)19-15-21(34)27(37-17-19)29(4,5)36/h10,19-21,23-27,34-36H,9,11-17H2,1-8H3/t19-,20-,21+,23-,24+,25+,26+,27+,30-,31+,32-/m0/s1. The summed E-state index contributed by atoms with van der Waals surface area (Å²) in [7, 11) is 0. The maximum absolute atomic E-state index is 12.5. The van der Waals surface area contributed by atoms with Crippen LogP contribution in [0.4, 0.5) is 0 Å². The van der Waals surface area contributed by atoms with E-state index >= 15 is 0 Å².